The van der Waals surface area contributed by atoms with Crippen molar-refractivity contribution in [1.29, 1.82) is 5.26 Å². The molecule has 2 aliphatic heterocycles. The van der Waals surface area contributed by atoms with E-state index in [1.165, 1.54) is 0 Å². The monoisotopic (exact) mass is 306 g/mol. The summed E-state index contributed by atoms with van der Waals surface area (Å²) in [5.41, 5.74) is 0. The van der Waals surface area contributed by atoms with Crippen LogP contribution in [0.3, 0.4) is 0 Å². The lowest BCUT2D eigenvalue weighted by Crippen LogP contribution is -2.53. The van der Waals surface area contributed by atoms with Gasteiger partial charge in [-0.1, -0.05) is 6.08 Å². The molecule has 2 aliphatic rings. The van der Waals surface area contributed by atoms with Gasteiger partial charge in [-0.05, 0) is 12.8 Å². The number of amides is 1. The quantitative estimate of drug-likeness (QED) is 0.743. The highest BCUT2D eigenvalue weighted by molar-refractivity contribution is 5.88. The first-order chi connectivity index (χ1) is 10.7. The fourth-order valence-electron chi connectivity index (χ4n) is 3.06. The molecule has 6 nitrogen and oxygen atoms in total. The van der Waals surface area contributed by atoms with E-state index in [4.69, 9.17) is 10.00 Å². The first-order valence-corrected chi connectivity index (χ1v) is 8.04. The molecular weight excluding hydrogens is 280 g/mol. The highest BCUT2D eigenvalue weighted by Crippen LogP contribution is 2.12. The summed E-state index contributed by atoms with van der Waals surface area (Å²) >= 11 is 0. The van der Waals surface area contributed by atoms with Crippen LogP contribution in [0.4, 0.5) is 0 Å². The fraction of sp³-hybridized carbons (Fsp3) is 0.750. The zero-order valence-corrected chi connectivity index (χ0v) is 13.3. The third-order valence-corrected chi connectivity index (χ3v) is 4.45. The smallest absolute Gasteiger partial charge is 0.246 e. The van der Waals surface area contributed by atoms with Crippen LogP contribution in [0.2, 0.25) is 0 Å². The maximum absolute atomic E-state index is 12.3. The molecule has 0 spiro atoms. The lowest BCUT2D eigenvalue weighted by molar-refractivity contribution is -0.128. The molecule has 0 radical (unpaired) electrons. The molecule has 1 N–H and O–H groups in total. The van der Waals surface area contributed by atoms with Gasteiger partial charge < -0.3 is 15.0 Å². The number of piperazine rings is 1. The Morgan fingerprint density at radius 3 is 2.86 bits per heavy atom. The molecule has 2 saturated heterocycles. The minimum atomic E-state index is -0.00616. The maximum atomic E-state index is 12.3. The Balaban J connectivity index is 1.77. The number of carbonyl (C=O) groups excluding carboxylic acids is 1. The molecule has 2 rings (SSSR count). The van der Waals surface area contributed by atoms with Gasteiger partial charge in [0.25, 0.3) is 0 Å². The van der Waals surface area contributed by atoms with E-state index in [1.54, 1.807) is 13.2 Å². The predicted octanol–water partition coefficient (Wildman–Crippen LogP) is 0.367. The van der Waals surface area contributed by atoms with Crippen LogP contribution < -0.4 is 5.32 Å². The van der Waals surface area contributed by atoms with E-state index in [2.05, 4.69) is 16.3 Å². The van der Waals surface area contributed by atoms with Crippen molar-refractivity contribution < 1.29 is 9.53 Å². The Morgan fingerprint density at radius 2 is 2.18 bits per heavy atom. The van der Waals surface area contributed by atoms with Crippen LogP contribution >= 0.6 is 0 Å². The van der Waals surface area contributed by atoms with Gasteiger partial charge in [0.15, 0.2) is 0 Å². The van der Waals surface area contributed by atoms with Gasteiger partial charge in [0, 0.05) is 52.5 Å². The molecule has 0 unspecified atom stereocenters. The Bertz CT molecular complexity index is 424. The molecule has 0 aromatic heterocycles. The van der Waals surface area contributed by atoms with Crippen molar-refractivity contribution >= 4 is 5.91 Å². The molecule has 0 aromatic carbocycles. The summed E-state index contributed by atoms with van der Waals surface area (Å²) in [7, 11) is 1.77. The van der Waals surface area contributed by atoms with Crippen molar-refractivity contribution in [3.63, 3.8) is 0 Å². The van der Waals surface area contributed by atoms with E-state index in [9.17, 15) is 4.79 Å². The number of nitrogens with zero attached hydrogens (tertiary/aromatic N) is 3. The second-order valence-corrected chi connectivity index (χ2v) is 5.89. The summed E-state index contributed by atoms with van der Waals surface area (Å²) in [6.07, 6.45) is 6.49. The van der Waals surface area contributed by atoms with Crippen molar-refractivity contribution in [3.8, 4) is 6.07 Å². The summed E-state index contributed by atoms with van der Waals surface area (Å²) in [5.74, 6) is 0.0218. The lowest BCUT2D eigenvalue weighted by Gasteiger charge is -2.34. The number of hydrogen-bond acceptors (Lipinski definition) is 5. The summed E-state index contributed by atoms with van der Waals surface area (Å²) in [6, 6.07) is 2.16. The van der Waals surface area contributed by atoms with E-state index >= 15 is 0 Å². The molecular formula is C16H26N4O2. The Kier molecular flexibility index (Phi) is 6.84. The molecule has 0 saturated carbocycles. The zero-order valence-electron chi connectivity index (χ0n) is 13.3. The maximum Gasteiger partial charge on any atom is 0.246 e. The minimum Gasteiger partial charge on any atom is -0.381 e. The molecule has 122 valence electrons. The van der Waals surface area contributed by atoms with Crippen molar-refractivity contribution in [3.05, 3.63) is 12.2 Å². The second kappa shape index (κ2) is 8.89. The average Bonchev–Trinajstić information content (AvgIpc) is 2.56. The number of methoxy groups -OCH3 is 1. The van der Waals surface area contributed by atoms with E-state index in [0.29, 0.717) is 25.6 Å². The topological polar surface area (TPSA) is 68.6 Å². The number of carbonyl (C=O) groups is 1. The van der Waals surface area contributed by atoms with Gasteiger partial charge in [0.1, 0.15) is 0 Å². The first-order valence-electron chi connectivity index (χ1n) is 8.04. The molecule has 0 aromatic rings. The van der Waals surface area contributed by atoms with Crippen LogP contribution in [0.1, 0.15) is 19.3 Å². The molecule has 0 aliphatic carbocycles. The van der Waals surface area contributed by atoms with Crippen molar-refractivity contribution in [2.45, 2.75) is 31.4 Å². The molecule has 2 fully saturated rings. The number of nitrogens with one attached hydrogen (secondary N) is 1. The van der Waals surface area contributed by atoms with Crippen LogP contribution in [0.5, 0.6) is 0 Å². The van der Waals surface area contributed by atoms with Crippen molar-refractivity contribution in [2.75, 3.05) is 46.4 Å². The zero-order chi connectivity index (χ0) is 15.8. The summed E-state index contributed by atoms with van der Waals surface area (Å²) in [5, 5.41) is 12.1. The number of rotatable bonds is 5. The number of piperidine rings is 1. The van der Waals surface area contributed by atoms with Gasteiger partial charge >= 0.3 is 0 Å². The average molecular weight is 306 g/mol. The largest absolute Gasteiger partial charge is 0.381 e. The minimum absolute atomic E-state index is 0.00616. The first kappa shape index (κ1) is 16.9. The summed E-state index contributed by atoms with van der Waals surface area (Å²) in [6.45, 7) is 5.01. The van der Waals surface area contributed by atoms with Gasteiger partial charge in [-0.2, -0.15) is 5.26 Å². The van der Waals surface area contributed by atoms with Crippen molar-refractivity contribution in [1.82, 2.24) is 15.1 Å². The van der Waals surface area contributed by atoms with Crippen LogP contribution in [0.25, 0.3) is 0 Å². The van der Waals surface area contributed by atoms with Gasteiger partial charge in [-0.15, -0.1) is 0 Å². The normalized spacial score (nSPS) is 24.5. The van der Waals surface area contributed by atoms with Crippen LogP contribution in [0.15, 0.2) is 12.2 Å². The summed E-state index contributed by atoms with van der Waals surface area (Å²) in [4.78, 5) is 16.4. The highest BCUT2D eigenvalue weighted by atomic mass is 16.5. The van der Waals surface area contributed by atoms with Crippen LogP contribution in [-0.4, -0.2) is 74.2 Å². The Labute approximate surface area is 132 Å². The summed E-state index contributed by atoms with van der Waals surface area (Å²) < 4.78 is 5.36. The van der Waals surface area contributed by atoms with Crippen LogP contribution in [-0.2, 0) is 9.53 Å². The number of likely N-dealkylation sites (tertiary alicyclic amines) is 1. The number of ether oxygens (including phenoxy) is 1. The number of nitriles is 1. The SMILES string of the molecule is COC1CCN(C/C=C/C(=O)N2CCNC[C@@H]2CC#N)CC1. The van der Waals surface area contributed by atoms with Crippen LogP contribution in [0, 0.1) is 11.3 Å². The number of hydrogen-bond donors (Lipinski definition) is 1. The van der Waals surface area contributed by atoms with Gasteiger partial charge in [0.2, 0.25) is 5.91 Å². The third-order valence-electron chi connectivity index (χ3n) is 4.45. The fourth-order valence-corrected chi connectivity index (χ4v) is 3.06. The molecule has 0 bridgehead atoms. The van der Waals surface area contributed by atoms with Crippen molar-refractivity contribution in [2.24, 2.45) is 0 Å². The molecule has 1 atom stereocenters. The highest BCUT2D eigenvalue weighted by Gasteiger charge is 2.24. The van der Waals surface area contributed by atoms with Gasteiger partial charge in [-0.25, -0.2) is 0 Å². The standard InChI is InChI=1S/C16H26N4O2/c1-22-15-5-10-19(11-6-15)9-2-3-16(21)20-12-8-18-13-14(20)4-7-17/h2-3,14-15,18H,4-6,8-13H2,1H3/b3-2+/t14-/m0/s1. The van der Waals surface area contributed by atoms with Gasteiger partial charge in [-0.3, -0.25) is 9.69 Å². The van der Waals surface area contributed by atoms with E-state index in [0.717, 1.165) is 39.0 Å². The van der Waals surface area contributed by atoms with E-state index in [-0.39, 0.29) is 11.9 Å². The molecule has 2 heterocycles. The van der Waals surface area contributed by atoms with Gasteiger partial charge in [0.05, 0.1) is 24.6 Å². The molecule has 6 heteroatoms. The predicted molar refractivity (Wildman–Crippen MR) is 84.2 cm³/mol. The molecule has 1 amide bonds. The Morgan fingerprint density at radius 1 is 1.41 bits per heavy atom. The molecule has 22 heavy (non-hydrogen) atoms. The second-order valence-electron chi connectivity index (χ2n) is 5.89. The Hall–Kier alpha value is -1.42. The third kappa shape index (κ3) is 4.80. The lowest BCUT2D eigenvalue weighted by atomic mass is 10.1. The van der Waals surface area contributed by atoms with E-state index < -0.39 is 0 Å². The van der Waals surface area contributed by atoms with E-state index in [1.807, 2.05) is 11.0 Å².